The summed E-state index contributed by atoms with van der Waals surface area (Å²) in [6.45, 7) is 3.63. The number of nitrogens with one attached hydrogen (secondary N) is 1. The van der Waals surface area contributed by atoms with Crippen molar-refractivity contribution < 1.29 is 15.1 Å². The van der Waals surface area contributed by atoms with E-state index in [1.54, 1.807) is 11.3 Å². The highest BCUT2D eigenvalue weighted by atomic mass is 32.1. The zero-order chi connectivity index (χ0) is 18.8. The number of aliphatic hydroxyl groups is 2. The molecule has 3 rings (SSSR count). The van der Waals surface area contributed by atoms with Crippen LogP contribution in [0, 0.1) is 24.0 Å². The van der Waals surface area contributed by atoms with Crippen molar-refractivity contribution in [3.8, 4) is 0 Å². The van der Waals surface area contributed by atoms with Gasteiger partial charge in [0.15, 0.2) is 0 Å². The first-order valence-corrected chi connectivity index (χ1v) is 8.74. The van der Waals surface area contributed by atoms with Gasteiger partial charge in [-0.15, -0.1) is 11.3 Å². The Kier molecular flexibility index (Phi) is 5.12. The van der Waals surface area contributed by atoms with Gasteiger partial charge in [-0.2, -0.15) is 0 Å². The molecular formula is C17H18N4O4S. The number of aryl methyl sites for hydroxylation is 2. The summed E-state index contributed by atoms with van der Waals surface area (Å²) in [6.07, 6.45) is 0.373. The quantitative estimate of drug-likeness (QED) is 0.448. The smallest absolute Gasteiger partial charge is 0.269 e. The van der Waals surface area contributed by atoms with Crippen LogP contribution >= 0.6 is 11.3 Å². The number of non-ortho nitro benzene ring substituents is 1. The number of nitro benzene ring substituents is 1. The summed E-state index contributed by atoms with van der Waals surface area (Å²) in [7, 11) is 0. The van der Waals surface area contributed by atoms with Crippen molar-refractivity contribution >= 4 is 33.1 Å². The fraction of sp³-hybridized carbons (Fsp3) is 0.294. The number of aromatic nitrogens is 2. The van der Waals surface area contributed by atoms with Crippen LogP contribution in [-0.4, -0.2) is 37.8 Å². The first-order valence-electron chi connectivity index (χ1n) is 7.93. The van der Waals surface area contributed by atoms with Gasteiger partial charge in [-0.25, -0.2) is 9.97 Å². The van der Waals surface area contributed by atoms with Crippen LogP contribution in [-0.2, 0) is 0 Å². The number of nitrogens with zero attached hydrogens (tertiary/aromatic N) is 3. The highest BCUT2D eigenvalue weighted by Crippen LogP contribution is 2.33. The van der Waals surface area contributed by atoms with Crippen molar-refractivity contribution in [3.05, 3.63) is 56.7 Å². The number of nitro groups is 1. The average Bonchev–Trinajstić information content (AvgIpc) is 2.94. The highest BCUT2D eigenvalue weighted by Gasteiger charge is 2.23. The standard InChI is InChI=1S/C17H18N4O4S/c1-9-10(2)26-17-14(9)16(18-8-19-17)20-13(7-22)15(23)11-3-5-12(6-4-11)21(24)25/h3-6,8,13,15,22-23H,7H2,1-2H3,(H,18,19,20)/t13-,15+/m1/s1. The second-order valence-electron chi connectivity index (χ2n) is 5.91. The number of thiophene rings is 1. The lowest BCUT2D eigenvalue weighted by molar-refractivity contribution is -0.384. The molecule has 1 aromatic carbocycles. The molecule has 0 fully saturated rings. The SMILES string of the molecule is Cc1sc2ncnc(N[C@H](CO)[C@@H](O)c3ccc([N+](=O)[O-])cc3)c2c1C. The monoisotopic (exact) mass is 374 g/mol. The zero-order valence-corrected chi connectivity index (χ0v) is 15.0. The minimum atomic E-state index is -1.06. The van der Waals surface area contributed by atoms with E-state index in [-0.39, 0.29) is 12.3 Å². The second-order valence-corrected chi connectivity index (χ2v) is 7.12. The first-order chi connectivity index (χ1) is 12.4. The molecule has 2 atom stereocenters. The van der Waals surface area contributed by atoms with E-state index in [9.17, 15) is 20.3 Å². The van der Waals surface area contributed by atoms with Crippen LogP contribution in [0.5, 0.6) is 0 Å². The second kappa shape index (κ2) is 7.32. The summed E-state index contributed by atoms with van der Waals surface area (Å²) in [5.41, 5.74) is 1.46. The topological polar surface area (TPSA) is 121 Å². The fourth-order valence-electron chi connectivity index (χ4n) is 2.72. The molecule has 3 N–H and O–H groups in total. The van der Waals surface area contributed by atoms with Crippen LogP contribution in [0.25, 0.3) is 10.2 Å². The van der Waals surface area contributed by atoms with Gasteiger partial charge in [-0.3, -0.25) is 10.1 Å². The van der Waals surface area contributed by atoms with E-state index < -0.39 is 17.1 Å². The minimum absolute atomic E-state index is 0.0589. The minimum Gasteiger partial charge on any atom is -0.394 e. The van der Waals surface area contributed by atoms with Crippen LogP contribution in [0.15, 0.2) is 30.6 Å². The van der Waals surface area contributed by atoms with Gasteiger partial charge >= 0.3 is 0 Å². The van der Waals surface area contributed by atoms with Crippen LogP contribution in [0.2, 0.25) is 0 Å². The number of aliphatic hydroxyl groups excluding tert-OH is 2. The van der Waals surface area contributed by atoms with Crippen molar-refractivity contribution in [1.82, 2.24) is 9.97 Å². The van der Waals surface area contributed by atoms with Crippen LogP contribution in [0.4, 0.5) is 11.5 Å². The molecule has 0 saturated carbocycles. The molecule has 0 radical (unpaired) electrons. The predicted octanol–water partition coefficient (Wildman–Crippen LogP) is 2.72. The summed E-state index contributed by atoms with van der Waals surface area (Å²) in [6, 6.07) is 4.87. The Hall–Kier alpha value is -2.62. The molecule has 3 aromatic rings. The Morgan fingerprint density at radius 1 is 1.27 bits per heavy atom. The van der Waals surface area contributed by atoms with E-state index >= 15 is 0 Å². The summed E-state index contributed by atoms with van der Waals surface area (Å²) in [5, 5.41) is 35.0. The molecule has 2 heterocycles. The van der Waals surface area contributed by atoms with Gasteiger partial charge in [0.25, 0.3) is 5.69 Å². The van der Waals surface area contributed by atoms with E-state index in [2.05, 4.69) is 15.3 Å². The Labute approximate surface area is 153 Å². The normalized spacial score (nSPS) is 13.5. The van der Waals surface area contributed by atoms with Crippen molar-refractivity contribution in [1.29, 1.82) is 0 Å². The average molecular weight is 374 g/mol. The summed E-state index contributed by atoms with van der Waals surface area (Å²) >= 11 is 1.56. The largest absolute Gasteiger partial charge is 0.394 e. The molecular weight excluding hydrogens is 356 g/mol. The Balaban J connectivity index is 1.89. The molecule has 0 aliphatic heterocycles. The molecule has 26 heavy (non-hydrogen) atoms. The number of fused-ring (bicyclic) bond motifs is 1. The van der Waals surface area contributed by atoms with Gasteiger partial charge in [0.05, 0.1) is 23.0 Å². The van der Waals surface area contributed by atoms with E-state index in [4.69, 9.17) is 0 Å². The van der Waals surface area contributed by atoms with Crippen molar-refractivity contribution in [2.75, 3.05) is 11.9 Å². The highest BCUT2D eigenvalue weighted by molar-refractivity contribution is 7.18. The van der Waals surface area contributed by atoms with Gasteiger partial charge in [0.2, 0.25) is 0 Å². The maximum atomic E-state index is 10.7. The van der Waals surface area contributed by atoms with Gasteiger partial charge in [-0.1, -0.05) is 0 Å². The van der Waals surface area contributed by atoms with Gasteiger partial charge in [-0.05, 0) is 37.1 Å². The van der Waals surface area contributed by atoms with Crippen molar-refractivity contribution in [3.63, 3.8) is 0 Å². The maximum Gasteiger partial charge on any atom is 0.269 e. The third kappa shape index (κ3) is 3.36. The molecule has 0 saturated heterocycles. The predicted molar refractivity (Wildman–Crippen MR) is 99.4 cm³/mol. The lowest BCUT2D eigenvalue weighted by Crippen LogP contribution is -2.31. The molecule has 0 spiro atoms. The van der Waals surface area contributed by atoms with E-state index in [1.807, 2.05) is 13.8 Å². The Morgan fingerprint density at radius 2 is 1.96 bits per heavy atom. The van der Waals surface area contributed by atoms with Crippen molar-refractivity contribution in [2.24, 2.45) is 0 Å². The summed E-state index contributed by atoms with van der Waals surface area (Å²) in [5.74, 6) is 0.539. The molecule has 0 aliphatic carbocycles. The third-order valence-electron chi connectivity index (χ3n) is 4.31. The first kappa shape index (κ1) is 18.2. The lowest BCUT2D eigenvalue weighted by atomic mass is 10.0. The third-order valence-corrected chi connectivity index (χ3v) is 5.43. The molecule has 0 bridgehead atoms. The van der Waals surface area contributed by atoms with Crippen LogP contribution in [0.3, 0.4) is 0 Å². The van der Waals surface area contributed by atoms with Crippen LogP contribution in [0.1, 0.15) is 22.1 Å². The van der Waals surface area contributed by atoms with Crippen LogP contribution < -0.4 is 5.32 Å². The molecule has 0 aliphatic rings. The van der Waals surface area contributed by atoms with Gasteiger partial charge in [0, 0.05) is 17.0 Å². The molecule has 2 aromatic heterocycles. The number of hydrogen-bond acceptors (Lipinski definition) is 8. The number of hydrogen-bond donors (Lipinski definition) is 3. The van der Waals surface area contributed by atoms with E-state index in [0.29, 0.717) is 11.4 Å². The molecule has 9 heteroatoms. The maximum absolute atomic E-state index is 10.7. The van der Waals surface area contributed by atoms with E-state index in [0.717, 1.165) is 20.7 Å². The molecule has 136 valence electrons. The summed E-state index contributed by atoms with van der Waals surface area (Å²) in [4.78, 5) is 20.7. The fourth-order valence-corrected chi connectivity index (χ4v) is 3.71. The molecule has 0 amide bonds. The zero-order valence-electron chi connectivity index (χ0n) is 14.2. The van der Waals surface area contributed by atoms with Crippen molar-refractivity contribution in [2.45, 2.75) is 26.0 Å². The van der Waals surface area contributed by atoms with Gasteiger partial charge < -0.3 is 15.5 Å². The summed E-state index contributed by atoms with van der Waals surface area (Å²) < 4.78 is 0. The lowest BCUT2D eigenvalue weighted by Gasteiger charge is -2.23. The number of anilines is 1. The van der Waals surface area contributed by atoms with Gasteiger partial charge in [0.1, 0.15) is 23.1 Å². The Morgan fingerprint density at radius 3 is 2.58 bits per heavy atom. The Bertz CT molecular complexity index is 942. The molecule has 8 nitrogen and oxygen atoms in total. The van der Waals surface area contributed by atoms with E-state index in [1.165, 1.54) is 30.6 Å². The number of benzene rings is 1. The number of rotatable bonds is 6. The molecule has 0 unspecified atom stereocenters.